The van der Waals surface area contributed by atoms with Crippen LogP contribution in [0.4, 0.5) is 26.0 Å². The van der Waals surface area contributed by atoms with Crippen LogP contribution < -0.4 is 10.2 Å². The predicted molar refractivity (Wildman–Crippen MR) is 95.5 cm³/mol. The van der Waals surface area contributed by atoms with Crippen molar-refractivity contribution in [2.24, 2.45) is 0 Å². The zero-order valence-electron chi connectivity index (χ0n) is 14.0. The molecule has 1 amide bonds. The number of aromatic nitrogens is 2. The Kier molecular flexibility index (Phi) is 5.17. The first-order valence-electron chi connectivity index (χ1n) is 8.00. The number of carbonyl (C=O) groups excluding carboxylic acids is 1. The lowest BCUT2D eigenvalue weighted by atomic mass is 10.2. The molecule has 0 aliphatic carbocycles. The van der Waals surface area contributed by atoms with E-state index in [9.17, 15) is 13.6 Å². The lowest BCUT2D eigenvalue weighted by Gasteiger charge is -2.20. The van der Waals surface area contributed by atoms with Crippen molar-refractivity contribution >= 4 is 23.1 Å². The second-order valence-electron chi connectivity index (χ2n) is 5.39. The van der Waals surface area contributed by atoms with E-state index in [1.807, 2.05) is 37.3 Å². The van der Waals surface area contributed by atoms with E-state index in [4.69, 9.17) is 0 Å². The number of para-hydroxylation sites is 2. The summed E-state index contributed by atoms with van der Waals surface area (Å²) in [5.74, 6) is -1.66. The molecule has 2 aromatic carbocycles. The van der Waals surface area contributed by atoms with Crippen molar-refractivity contribution in [3.63, 3.8) is 0 Å². The quantitative estimate of drug-likeness (QED) is 0.747. The average Bonchev–Trinajstić information content (AvgIpc) is 2.67. The van der Waals surface area contributed by atoms with Crippen molar-refractivity contribution in [2.75, 3.05) is 16.8 Å². The highest BCUT2D eigenvalue weighted by Crippen LogP contribution is 2.22. The van der Waals surface area contributed by atoms with Gasteiger partial charge in [0.2, 0.25) is 0 Å². The fourth-order valence-electron chi connectivity index (χ4n) is 2.44. The van der Waals surface area contributed by atoms with Gasteiger partial charge in [-0.05, 0) is 31.2 Å². The highest BCUT2D eigenvalue weighted by Gasteiger charge is 2.18. The molecule has 5 nitrogen and oxygen atoms in total. The Morgan fingerprint density at radius 1 is 1.00 bits per heavy atom. The summed E-state index contributed by atoms with van der Waals surface area (Å²) in [6, 6.07) is 12.7. The average molecular weight is 354 g/mol. The van der Waals surface area contributed by atoms with Crippen LogP contribution in [-0.4, -0.2) is 22.4 Å². The molecule has 0 radical (unpaired) electrons. The minimum atomic E-state index is -0.742. The molecule has 0 aliphatic heterocycles. The smallest absolute Gasteiger partial charge is 0.278 e. The van der Waals surface area contributed by atoms with Gasteiger partial charge in [-0.15, -0.1) is 0 Å². The molecule has 26 heavy (non-hydrogen) atoms. The van der Waals surface area contributed by atoms with Gasteiger partial charge in [0.1, 0.15) is 28.8 Å². The van der Waals surface area contributed by atoms with E-state index in [-0.39, 0.29) is 23.1 Å². The van der Waals surface area contributed by atoms with Gasteiger partial charge < -0.3 is 10.2 Å². The fraction of sp³-hybridized carbons (Fsp3) is 0.105. The maximum atomic E-state index is 13.7. The van der Waals surface area contributed by atoms with E-state index >= 15 is 0 Å². The van der Waals surface area contributed by atoms with Gasteiger partial charge in [-0.25, -0.2) is 18.7 Å². The summed E-state index contributed by atoms with van der Waals surface area (Å²) in [4.78, 5) is 22.3. The molecular formula is C19H16F2N4O. The molecule has 0 fully saturated rings. The third kappa shape index (κ3) is 3.66. The standard InChI is InChI=1S/C19H16F2N4O/c1-2-25(13-7-4-3-5-8-13)19(26)16-11-23-17(12-22-16)24-18-14(20)9-6-10-15(18)21/h3-12H,2H2,1H3,(H,23,24). The molecule has 0 atom stereocenters. The van der Waals surface area contributed by atoms with Gasteiger partial charge in [-0.1, -0.05) is 24.3 Å². The highest BCUT2D eigenvalue weighted by atomic mass is 19.1. The largest absolute Gasteiger partial charge is 0.334 e. The topological polar surface area (TPSA) is 58.1 Å². The van der Waals surface area contributed by atoms with Crippen molar-refractivity contribution in [3.05, 3.63) is 78.3 Å². The van der Waals surface area contributed by atoms with Gasteiger partial charge in [0.05, 0.1) is 12.4 Å². The summed E-state index contributed by atoms with van der Waals surface area (Å²) in [6.45, 7) is 2.32. The van der Waals surface area contributed by atoms with Crippen LogP contribution >= 0.6 is 0 Å². The van der Waals surface area contributed by atoms with Crippen molar-refractivity contribution in [2.45, 2.75) is 6.92 Å². The first-order valence-corrected chi connectivity index (χ1v) is 8.00. The predicted octanol–water partition coefficient (Wildman–Crippen LogP) is 4.17. The summed E-state index contributed by atoms with van der Waals surface area (Å²) >= 11 is 0. The highest BCUT2D eigenvalue weighted by molar-refractivity contribution is 6.04. The number of anilines is 3. The van der Waals surface area contributed by atoms with E-state index in [1.165, 1.54) is 18.5 Å². The number of halogens is 2. The maximum absolute atomic E-state index is 13.7. The SMILES string of the molecule is CCN(C(=O)c1cnc(Nc2c(F)cccc2F)cn1)c1ccccc1. The molecule has 3 rings (SSSR count). The third-order valence-corrected chi connectivity index (χ3v) is 3.72. The Labute approximate surface area is 149 Å². The Balaban J connectivity index is 1.80. The fourth-order valence-corrected chi connectivity index (χ4v) is 2.44. The van der Waals surface area contributed by atoms with Gasteiger partial charge in [0, 0.05) is 12.2 Å². The zero-order valence-corrected chi connectivity index (χ0v) is 14.0. The number of hydrogen-bond acceptors (Lipinski definition) is 4. The first-order chi connectivity index (χ1) is 12.6. The Morgan fingerprint density at radius 3 is 2.27 bits per heavy atom. The van der Waals surface area contributed by atoms with Crippen LogP contribution in [0.2, 0.25) is 0 Å². The molecule has 0 unspecified atom stereocenters. The van der Waals surface area contributed by atoms with E-state index in [2.05, 4.69) is 15.3 Å². The molecule has 0 spiro atoms. The molecule has 0 saturated heterocycles. The van der Waals surface area contributed by atoms with Crippen LogP contribution in [-0.2, 0) is 0 Å². The maximum Gasteiger partial charge on any atom is 0.278 e. The summed E-state index contributed by atoms with van der Waals surface area (Å²) in [6.07, 6.45) is 2.53. The lowest BCUT2D eigenvalue weighted by molar-refractivity contribution is 0.0983. The van der Waals surface area contributed by atoms with E-state index < -0.39 is 11.6 Å². The van der Waals surface area contributed by atoms with Gasteiger partial charge in [-0.2, -0.15) is 0 Å². The molecule has 1 heterocycles. The first kappa shape index (κ1) is 17.5. The molecule has 1 N–H and O–H groups in total. The molecular weight excluding hydrogens is 338 g/mol. The number of nitrogens with one attached hydrogen (secondary N) is 1. The van der Waals surface area contributed by atoms with Gasteiger partial charge in [0.25, 0.3) is 5.91 Å². The minimum Gasteiger partial charge on any atom is -0.334 e. The summed E-state index contributed by atoms with van der Waals surface area (Å²) in [5.41, 5.74) is 0.563. The Morgan fingerprint density at radius 2 is 1.69 bits per heavy atom. The molecule has 0 saturated carbocycles. The minimum absolute atomic E-state index is 0.133. The number of hydrogen-bond donors (Lipinski definition) is 1. The summed E-state index contributed by atoms with van der Waals surface area (Å²) in [7, 11) is 0. The van der Waals surface area contributed by atoms with E-state index in [0.29, 0.717) is 6.54 Å². The second kappa shape index (κ2) is 7.69. The monoisotopic (exact) mass is 354 g/mol. The van der Waals surface area contributed by atoms with Crippen LogP contribution in [0, 0.1) is 11.6 Å². The molecule has 7 heteroatoms. The normalized spacial score (nSPS) is 10.4. The molecule has 0 aliphatic rings. The number of benzene rings is 2. The van der Waals surface area contributed by atoms with Gasteiger partial charge in [0.15, 0.2) is 0 Å². The summed E-state index contributed by atoms with van der Waals surface area (Å²) in [5, 5.41) is 2.53. The van der Waals surface area contributed by atoms with Gasteiger partial charge >= 0.3 is 0 Å². The Hall–Kier alpha value is -3.35. The number of nitrogens with zero attached hydrogens (tertiary/aromatic N) is 3. The molecule has 3 aromatic rings. The number of amides is 1. The van der Waals surface area contributed by atoms with Gasteiger partial charge in [-0.3, -0.25) is 4.79 Å². The van der Waals surface area contributed by atoms with Crippen molar-refractivity contribution < 1.29 is 13.6 Å². The Bertz CT molecular complexity index is 881. The zero-order chi connectivity index (χ0) is 18.5. The van der Waals surface area contributed by atoms with Crippen LogP contribution in [0.15, 0.2) is 60.9 Å². The molecule has 0 bridgehead atoms. The molecule has 1 aromatic heterocycles. The summed E-state index contributed by atoms with van der Waals surface area (Å²) < 4.78 is 27.3. The molecule has 132 valence electrons. The van der Waals surface area contributed by atoms with E-state index in [0.717, 1.165) is 17.8 Å². The third-order valence-electron chi connectivity index (χ3n) is 3.72. The lowest BCUT2D eigenvalue weighted by Crippen LogP contribution is -2.31. The van der Waals surface area contributed by atoms with Crippen LogP contribution in [0.3, 0.4) is 0 Å². The van der Waals surface area contributed by atoms with Crippen LogP contribution in [0.5, 0.6) is 0 Å². The van der Waals surface area contributed by atoms with Crippen LogP contribution in [0.1, 0.15) is 17.4 Å². The van der Waals surface area contributed by atoms with Crippen molar-refractivity contribution in [1.29, 1.82) is 0 Å². The van der Waals surface area contributed by atoms with Crippen molar-refractivity contribution in [1.82, 2.24) is 9.97 Å². The van der Waals surface area contributed by atoms with E-state index in [1.54, 1.807) is 4.90 Å². The van der Waals surface area contributed by atoms with Crippen molar-refractivity contribution in [3.8, 4) is 0 Å². The number of carbonyl (C=O) groups is 1. The second-order valence-corrected chi connectivity index (χ2v) is 5.39. The number of rotatable bonds is 5. The van der Waals surface area contributed by atoms with Crippen LogP contribution in [0.25, 0.3) is 0 Å².